The van der Waals surface area contributed by atoms with Crippen molar-refractivity contribution in [1.29, 1.82) is 0 Å². The normalized spacial score (nSPS) is 16.5. The monoisotopic (exact) mass is 423 g/mol. The number of benzene rings is 1. The zero-order chi connectivity index (χ0) is 22.1. The van der Waals surface area contributed by atoms with Crippen LogP contribution in [0.5, 0.6) is 5.88 Å². The van der Waals surface area contributed by atoms with Crippen molar-refractivity contribution < 1.29 is 15.0 Å². The molecule has 0 bridgehead atoms. The number of carbonyl (C=O) groups is 1. The van der Waals surface area contributed by atoms with Crippen LogP contribution in [0.2, 0.25) is 0 Å². The van der Waals surface area contributed by atoms with E-state index in [0.29, 0.717) is 40.7 Å². The molecular formula is C23H29N5O3. The Morgan fingerprint density at radius 1 is 1.32 bits per heavy atom. The number of nitrogens with zero attached hydrogens (tertiary/aromatic N) is 4. The number of aliphatic imine (C=N–C) groups is 1. The Hall–Kier alpha value is -3.13. The van der Waals surface area contributed by atoms with Crippen LogP contribution < -0.4 is 0 Å². The van der Waals surface area contributed by atoms with E-state index in [1.807, 2.05) is 17.8 Å². The first-order chi connectivity index (χ1) is 14.9. The first-order valence-electron chi connectivity index (χ1n) is 10.8. The minimum Gasteiger partial charge on any atom is -0.494 e. The molecule has 164 valence electrons. The van der Waals surface area contributed by atoms with Gasteiger partial charge in [-0.05, 0) is 51.3 Å². The highest BCUT2D eigenvalue weighted by molar-refractivity contribution is 6.14. The molecule has 1 aliphatic heterocycles. The number of aromatic amines is 1. The third kappa shape index (κ3) is 4.20. The quantitative estimate of drug-likeness (QED) is 0.511. The highest BCUT2D eigenvalue weighted by Crippen LogP contribution is 2.31. The van der Waals surface area contributed by atoms with Crippen molar-refractivity contribution in [2.75, 3.05) is 13.1 Å². The molecular weight excluding hydrogens is 394 g/mol. The molecule has 0 atom stereocenters. The van der Waals surface area contributed by atoms with Gasteiger partial charge in [-0.15, -0.1) is 0 Å². The average Bonchev–Trinajstić information content (AvgIpc) is 3.35. The summed E-state index contributed by atoms with van der Waals surface area (Å²) in [4.78, 5) is 21.6. The lowest BCUT2D eigenvalue weighted by atomic mass is 10.0. The maximum atomic E-state index is 11.4. The number of nitrogens with one attached hydrogen (secondary N) is 1. The van der Waals surface area contributed by atoms with E-state index in [0.717, 1.165) is 31.6 Å². The molecule has 1 fully saturated rings. The summed E-state index contributed by atoms with van der Waals surface area (Å²) in [6, 6.07) is 5.68. The number of piperidine rings is 1. The van der Waals surface area contributed by atoms with Gasteiger partial charge in [0.15, 0.2) is 5.88 Å². The molecule has 0 radical (unpaired) electrons. The Morgan fingerprint density at radius 3 is 2.71 bits per heavy atom. The molecule has 0 amide bonds. The SMILES string of the molecule is CCC(=Nc1cnn(C2CCN(C(C)C)CC2)c1)c1c(O)[nH]c2ccc(C(=O)O)cc12. The molecule has 1 saturated heterocycles. The molecule has 31 heavy (non-hydrogen) atoms. The van der Waals surface area contributed by atoms with E-state index in [1.54, 1.807) is 18.3 Å². The number of likely N-dealkylation sites (tertiary alicyclic amines) is 1. The number of fused-ring (bicyclic) bond motifs is 1. The minimum absolute atomic E-state index is 0.00779. The van der Waals surface area contributed by atoms with E-state index >= 15 is 0 Å². The van der Waals surface area contributed by atoms with Crippen LogP contribution in [0.3, 0.4) is 0 Å². The molecule has 4 rings (SSSR count). The summed E-state index contributed by atoms with van der Waals surface area (Å²) in [7, 11) is 0. The van der Waals surface area contributed by atoms with Crippen LogP contribution in [-0.4, -0.2) is 60.7 Å². The summed E-state index contributed by atoms with van der Waals surface area (Å²) < 4.78 is 2.00. The minimum atomic E-state index is -1.01. The number of carboxylic acids is 1. The predicted molar refractivity (Wildman–Crippen MR) is 121 cm³/mol. The first kappa shape index (κ1) is 21.1. The largest absolute Gasteiger partial charge is 0.494 e. The van der Waals surface area contributed by atoms with Gasteiger partial charge in [-0.3, -0.25) is 4.68 Å². The summed E-state index contributed by atoms with van der Waals surface area (Å²) in [6.07, 6.45) is 6.41. The van der Waals surface area contributed by atoms with E-state index in [4.69, 9.17) is 4.99 Å². The van der Waals surface area contributed by atoms with Crippen LogP contribution in [0.25, 0.3) is 10.9 Å². The molecule has 0 saturated carbocycles. The van der Waals surface area contributed by atoms with Crippen LogP contribution in [-0.2, 0) is 0 Å². The third-order valence-corrected chi connectivity index (χ3v) is 6.10. The average molecular weight is 424 g/mol. The fourth-order valence-corrected chi connectivity index (χ4v) is 4.32. The Bertz CT molecular complexity index is 1120. The van der Waals surface area contributed by atoms with Crippen molar-refractivity contribution in [3.8, 4) is 5.88 Å². The van der Waals surface area contributed by atoms with E-state index in [-0.39, 0.29) is 11.4 Å². The van der Waals surface area contributed by atoms with Crippen LogP contribution in [0.1, 0.15) is 62.0 Å². The second kappa shape index (κ2) is 8.55. The molecule has 3 aromatic rings. The van der Waals surface area contributed by atoms with Crippen molar-refractivity contribution in [2.45, 2.75) is 52.1 Å². The number of aromatic carboxylic acids is 1. The molecule has 1 aromatic carbocycles. The predicted octanol–water partition coefficient (Wildman–Crippen LogP) is 4.34. The smallest absolute Gasteiger partial charge is 0.335 e. The fourth-order valence-electron chi connectivity index (χ4n) is 4.32. The molecule has 0 unspecified atom stereocenters. The Balaban J connectivity index is 1.62. The molecule has 3 N–H and O–H groups in total. The number of carboxylic acid groups (broad SMARTS) is 1. The van der Waals surface area contributed by atoms with E-state index in [1.165, 1.54) is 6.07 Å². The topological polar surface area (TPSA) is 107 Å². The zero-order valence-corrected chi connectivity index (χ0v) is 18.2. The summed E-state index contributed by atoms with van der Waals surface area (Å²) in [5.41, 5.74) is 2.79. The molecule has 3 heterocycles. The zero-order valence-electron chi connectivity index (χ0n) is 18.2. The molecule has 1 aliphatic rings. The number of aromatic nitrogens is 3. The molecule has 0 spiro atoms. The van der Waals surface area contributed by atoms with Crippen molar-refractivity contribution in [1.82, 2.24) is 19.7 Å². The summed E-state index contributed by atoms with van der Waals surface area (Å²) in [6.45, 7) is 8.55. The van der Waals surface area contributed by atoms with Gasteiger partial charge in [0.05, 0.1) is 35.3 Å². The number of hydrogen-bond donors (Lipinski definition) is 3. The van der Waals surface area contributed by atoms with Gasteiger partial charge in [0.25, 0.3) is 0 Å². The van der Waals surface area contributed by atoms with Gasteiger partial charge in [-0.1, -0.05) is 6.92 Å². The van der Waals surface area contributed by atoms with E-state index in [9.17, 15) is 15.0 Å². The summed E-state index contributed by atoms with van der Waals surface area (Å²) in [5.74, 6) is -1.01. The molecule has 2 aromatic heterocycles. The van der Waals surface area contributed by atoms with Crippen LogP contribution >= 0.6 is 0 Å². The summed E-state index contributed by atoms with van der Waals surface area (Å²) in [5, 5.41) is 25.0. The highest BCUT2D eigenvalue weighted by Gasteiger charge is 2.23. The maximum Gasteiger partial charge on any atom is 0.335 e. The standard InChI is InChI=1S/C23H29N5O3/c1-4-19(21-18-11-15(23(30)31)5-6-20(18)26-22(21)29)25-16-12-24-28(13-16)17-7-9-27(10-8-17)14(2)3/h5-6,11-14,17,26,29H,4,7-10H2,1-3H3,(H,30,31). The van der Waals surface area contributed by atoms with Gasteiger partial charge in [-0.25, -0.2) is 9.79 Å². The Labute approximate surface area is 181 Å². The highest BCUT2D eigenvalue weighted by atomic mass is 16.4. The van der Waals surface area contributed by atoms with E-state index < -0.39 is 5.97 Å². The number of hydrogen-bond acceptors (Lipinski definition) is 5. The van der Waals surface area contributed by atoms with Crippen LogP contribution in [0, 0.1) is 0 Å². The van der Waals surface area contributed by atoms with Gasteiger partial charge < -0.3 is 20.1 Å². The first-order valence-corrected chi connectivity index (χ1v) is 10.8. The van der Waals surface area contributed by atoms with Gasteiger partial charge in [0.2, 0.25) is 0 Å². The number of aromatic hydroxyl groups is 1. The van der Waals surface area contributed by atoms with Gasteiger partial charge in [-0.2, -0.15) is 5.10 Å². The molecule has 8 nitrogen and oxygen atoms in total. The van der Waals surface area contributed by atoms with Gasteiger partial charge in [0.1, 0.15) is 5.69 Å². The molecule has 0 aliphatic carbocycles. The lowest BCUT2D eigenvalue weighted by molar-refractivity contribution is 0.0697. The number of rotatable bonds is 6. The Morgan fingerprint density at radius 2 is 2.06 bits per heavy atom. The van der Waals surface area contributed by atoms with Gasteiger partial charge in [0, 0.05) is 30.0 Å². The number of H-pyrrole nitrogens is 1. The van der Waals surface area contributed by atoms with Crippen molar-refractivity contribution in [3.63, 3.8) is 0 Å². The fraction of sp³-hybridized carbons (Fsp3) is 0.435. The lowest BCUT2D eigenvalue weighted by Crippen LogP contribution is -2.39. The van der Waals surface area contributed by atoms with Crippen molar-refractivity contribution in [3.05, 3.63) is 41.7 Å². The third-order valence-electron chi connectivity index (χ3n) is 6.10. The van der Waals surface area contributed by atoms with E-state index in [2.05, 4.69) is 28.8 Å². The van der Waals surface area contributed by atoms with Crippen LogP contribution in [0.15, 0.2) is 35.6 Å². The van der Waals surface area contributed by atoms with Crippen LogP contribution in [0.4, 0.5) is 5.69 Å². The second-order valence-corrected chi connectivity index (χ2v) is 8.37. The van der Waals surface area contributed by atoms with Gasteiger partial charge >= 0.3 is 5.97 Å². The second-order valence-electron chi connectivity index (χ2n) is 8.37. The van der Waals surface area contributed by atoms with Crippen molar-refractivity contribution >= 4 is 28.3 Å². The molecule has 8 heteroatoms. The Kier molecular flexibility index (Phi) is 5.82. The summed E-state index contributed by atoms with van der Waals surface area (Å²) >= 11 is 0. The lowest BCUT2D eigenvalue weighted by Gasteiger charge is -2.34. The van der Waals surface area contributed by atoms with Crippen molar-refractivity contribution in [2.24, 2.45) is 4.99 Å². The maximum absolute atomic E-state index is 11.4.